The minimum atomic E-state index is 0.466. The lowest BCUT2D eigenvalue weighted by molar-refractivity contribution is 0.636. The summed E-state index contributed by atoms with van der Waals surface area (Å²) < 4.78 is 1.81. The maximum atomic E-state index is 4.76. The zero-order valence-corrected chi connectivity index (χ0v) is 17.8. The molecule has 31 heavy (non-hydrogen) atoms. The minimum absolute atomic E-state index is 0.466. The second-order valence-electron chi connectivity index (χ2n) is 8.03. The van der Waals surface area contributed by atoms with Crippen LogP contribution in [0.15, 0.2) is 54.7 Å². The van der Waals surface area contributed by atoms with Gasteiger partial charge in [0.05, 0.1) is 29.8 Å². The molecule has 0 unspecified atom stereocenters. The van der Waals surface area contributed by atoms with Gasteiger partial charge in [-0.25, -0.2) is 14.6 Å². The first kappa shape index (κ1) is 19.4. The van der Waals surface area contributed by atoms with Crippen LogP contribution in [0.25, 0.3) is 22.6 Å². The smallest absolute Gasteiger partial charge is 0.224 e. The number of nitrogens with one attached hydrogen (secondary N) is 1. The number of hydrogen-bond acceptors (Lipinski definition) is 6. The van der Waals surface area contributed by atoms with Crippen LogP contribution in [0.4, 0.5) is 5.95 Å². The molecule has 156 valence electrons. The fourth-order valence-corrected chi connectivity index (χ4v) is 3.48. The third-order valence-electron chi connectivity index (χ3n) is 5.30. The van der Waals surface area contributed by atoms with Gasteiger partial charge in [-0.1, -0.05) is 42.0 Å². The number of nitrogens with zero attached hydrogens (tertiary/aromatic N) is 6. The van der Waals surface area contributed by atoms with Gasteiger partial charge in [-0.2, -0.15) is 0 Å². The van der Waals surface area contributed by atoms with E-state index in [1.807, 2.05) is 36.5 Å². The van der Waals surface area contributed by atoms with E-state index in [4.69, 9.17) is 9.97 Å². The summed E-state index contributed by atoms with van der Waals surface area (Å²) in [5.74, 6) is 0.642. The molecule has 1 aliphatic carbocycles. The van der Waals surface area contributed by atoms with E-state index < -0.39 is 0 Å². The largest absolute Gasteiger partial charge is 0.351 e. The predicted molar refractivity (Wildman–Crippen MR) is 121 cm³/mol. The first-order valence-corrected chi connectivity index (χ1v) is 10.7. The maximum Gasteiger partial charge on any atom is 0.224 e. The lowest BCUT2D eigenvalue weighted by Gasteiger charge is -2.09. The molecular weight excluding hydrogens is 386 g/mol. The molecule has 7 heteroatoms. The normalized spacial score (nSPS) is 13.4. The van der Waals surface area contributed by atoms with Gasteiger partial charge in [-0.3, -0.25) is 4.98 Å². The highest BCUT2D eigenvalue weighted by Gasteiger charge is 2.23. The Balaban J connectivity index is 1.47. The summed E-state index contributed by atoms with van der Waals surface area (Å²) in [5.41, 5.74) is 6.67. The van der Waals surface area contributed by atoms with Gasteiger partial charge in [0.1, 0.15) is 5.69 Å². The van der Waals surface area contributed by atoms with Gasteiger partial charge in [0, 0.05) is 17.3 Å². The second kappa shape index (κ2) is 8.26. The zero-order valence-electron chi connectivity index (χ0n) is 17.8. The molecule has 5 rings (SSSR count). The van der Waals surface area contributed by atoms with Crippen molar-refractivity contribution in [3.05, 3.63) is 71.7 Å². The number of rotatable bonds is 7. The number of benzene rings is 1. The third kappa shape index (κ3) is 4.60. The average Bonchev–Trinajstić information content (AvgIpc) is 3.48. The number of anilines is 1. The van der Waals surface area contributed by atoms with E-state index in [-0.39, 0.29) is 0 Å². The molecular formula is C24H25N7. The van der Waals surface area contributed by atoms with E-state index in [1.165, 1.54) is 5.56 Å². The van der Waals surface area contributed by atoms with Crippen molar-refractivity contribution in [1.29, 1.82) is 0 Å². The molecule has 0 atom stereocenters. The Morgan fingerprint density at radius 2 is 1.74 bits per heavy atom. The van der Waals surface area contributed by atoms with E-state index in [9.17, 15) is 0 Å². The molecule has 1 N–H and O–H groups in total. The molecule has 0 amide bonds. The van der Waals surface area contributed by atoms with Gasteiger partial charge < -0.3 is 5.32 Å². The summed E-state index contributed by atoms with van der Waals surface area (Å²) in [7, 11) is 0. The molecule has 0 radical (unpaired) electrons. The van der Waals surface area contributed by atoms with Crippen molar-refractivity contribution in [2.45, 2.75) is 45.7 Å². The summed E-state index contributed by atoms with van der Waals surface area (Å²) in [6.45, 7) is 4.76. The summed E-state index contributed by atoms with van der Waals surface area (Å²) in [5, 5.41) is 12.1. The van der Waals surface area contributed by atoms with Crippen molar-refractivity contribution in [3.63, 3.8) is 0 Å². The molecule has 0 spiro atoms. The van der Waals surface area contributed by atoms with Gasteiger partial charge in [0.15, 0.2) is 0 Å². The monoisotopic (exact) mass is 411 g/mol. The molecule has 1 fully saturated rings. The molecule has 0 saturated heterocycles. The van der Waals surface area contributed by atoms with Crippen LogP contribution >= 0.6 is 0 Å². The SMILES string of the molecule is CCc1cccc(Cn2cc(-c3cc(-c4cccc(C)c4)nc(NC4CC4)n3)nn2)n1. The van der Waals surface area contributed by atoms with Gasteiger partial charge in [0.2, 0.25) is 5.95 Å². The van der Waals surface area contributed by atoms with Crippen LogP contribution in [-0.4, -0.2) is 36.0 Å². The Bertz CT molecular complexity index is 1210. The van der Waals surface area contributed by atoms with Gasteiger partial charge in [0.25, 0.3) is 0 Å². The highest BCUT2D eigenvalue weighted by Crippen LogP contribution is 2.28. The highest BCUT2D eigenvalue weighted by atomic mass is 15.4. The maximum absolute atomic E-state index is 4.76. The fraction of sp³-hybridized carbons (Fsp3) is 0.292. The first-order chi connectivity index (χ1) is 15.2. The van der Waals surface area contributed by atoms with Crippen LogP contribution in [0.3, 0.4) is 0 Å². The third-order valence-corrected chi connectivity index (χ3v) is 5.30. The lowest BCUT2D eigenvalue weighted by atomic mass is 10.1. The Morgan fingerprint density at radius 1 is 0.935 bits per heavy atom. The van der Waals surface area contributed by atoms with E-state index in [2.05, 4.69) is 52.7 Å². The molecule has 7 nitrogen and oxygen atoms in total. The molecule has 1 aromatic carbocycles. The first-order valence-electron chi connectivity index (χ1n) is 10.7. The standard InChI is InChI=1S/C24H25N7/c1-3-18-8-5-9-20(25-18)14-31-15-23(29-30-31)22-13-21(17-7-4-6-16(2)12-17)27-24(28-22)26-19-10-11-19/h4-9,12-13,15,19H,3,10-11,14H2,1-2H3,(H,26,27,28). The Hall–Kier alpha value is -3.61. The number of aryl methyl sites for hydroxylation is 2. The van der Waals surface area contributed by atoms with E-state index >= 15 is 0 Å². The number of aromatic nitrogens is 6. The van der Waals surface area contributed by atoms with Crippen LogP contribution < -0.4 is 5.32 Å². The summed E-state index contributed by atoms with van der Waals surface area (Å²) in [6.07, 6.45) is 5.15. The topological polar surface area (TPSA) is 81.4 Å². The van der Waals surface area contributed by atoms with Crippen LogP contribution in [0.5, 0.6) is 0 Å². The van der Waals surface area contributed by atoms with Gasteiger partial charge in [-0.05, 0) is 50.5 Å². The average molecular weight is 412 g/mol. The Labute approximate surface area is 181 Å². The molecule has 0 bridgehead atoms. The van der Waals surface area contributed by atoms with Gasteiger partial charge in [-0.15, -0.1) is 5.10 Å². The molecule has 1 saturated carbocycles. The number of pyridine rings is 1. The van der Waals surface area contributed by atoms with Crippen LogP contribution in [0.1, 0.15) is 36.7 Å². The highest BCUT2D eigenvalue weighted by molar-refractivity contribution is 5.68. The fourth-order valence-electron chi connectivity index (χ4n) is 3.48. The van der Waals surface area contributed by atoms with Crippen LogP contribution in [-0.2, 0) is 13.0 Å². The summed E-state index contributed by atoms with van der Waals surface area (Å²) in [4.78, 5) is 14.1. The molecule has 0 aliphatic heterocycles. The summed E-state index contributed by atoms with van der Waals surface area (Å²) >= 11 is 0. The minimum Gasteiger partial charge on any atom is -0.351 e. The van der Waals surface area contributed by atoms with Crippen molar-refractivity contribution in [2.24, 2.45) is 0 Å². The van der Waals surface area contributed by atoms with Crippen molar-refractivity contribution in [3.8, 4) is 22.6 Å². The zero-order chi connectivity index (χ0) is 21.2. The second-order valence-corrected chi connectivity index (χ2v) is 8.03. The van der Waals surface area contributed by atoms with Crippen molar-refractivity contribution < 1.29 is 0 Å². The van der Waals surface area contributed by atoms with Gasteiger partial charge >= 0.3 is 0 Å². The van der Waals surface area contributed by atoms with Crippen molar-refractivity contribution in [1.82, 2.24) is 29.9 Å². The van der Waals surface area contributed by atoms with Crippen LogP contribution in [0.2, 0.25) is 0 Å². The van der Waals surface area contributed by atoms with Crippen LogP contribution in [0, 0.1) is 6.92 Å². The molecule has 4 aromatic rings. The lowest BCUT2D eigenvalue weighted by Crippen LogP contribution is -2.07. The molecule has 3 heterocycles. The number of hydrogen-bond donors (Lipinski definition) is 1. The van der Waals surface area contributed by atoms with Crippen molar-refractivity contribution in [2.75, 3.05) is 5.32 Å². The quantitative estimate of drug-likeness (QED) is 0.489. The summed E-state index contributed by atoms with van der Waals surface area (Å²) in [6, 6.07) is 16.9. The molecule has 1 aliphatic rings. The van der Waals surface area contributed by atoms with E-state index in [1.54, 1.807) is 4.68 Å². The van der Waals surface area contributed by atoms with E-state index in [0.29, 0.717) is 18.5 Å². The van der Waals surface area contributed by atoms with Crippen molar-refractivity contribution >= 4 is 5.95 Å². The Kier molecular flexibility index (Phi) is 5.16. The predicted octanol–water partition coefficient (Wildman–Crippen LogP) is 4.29. The molecule has 3 aromatic heterocycles. The Morgan fingerprint density at radius 3 is 2.55 bits per heavy atom. The van der Waals surface area contributed by atoms with E-state index in [0.717, 1.165) is 53.3 Å².